The molecule has 1 amide bonds. The van der Waals surface area contributed by atoms with Gasteiger partial charge < -0.3 is 19.6 Å². The van der Waals surface area contributed by atoms with Crippen molar-refractivity contribution in [3.8, 4) is 33.8 Å². The first-order valence-corrected chi connectivity index (χ1v) is 14.0. The monoisotopic (exact) mass is 557 g/mol. The van der Waals surface area contributed by atoms with Crippen LogP contribution in [0.4, 0.5) is 0 Å². The SMILES string of the molecule is O=C(NCCCCc1n[nH]c2cc(-c3ccc(OCc4ccccc4)cc3)c(-c3ccoc3)cc12)c1ccccc1O. The zero-order valence-electron chi connectivity index (χ0n) is 23.0. The van der Waals surface area contributed by atoms with E-state index in [1.165, 1.54) is 6.07 Å². The number of H-pyrrole nitrogens is 1. The Hall–Kier alpha value is -5.30. The second-order valence-corrected chi connectivity index (χ2v) is 10.2. The fourth-order valence-corrected chi connectivity index (χ4v) is 5.06. The Morgan fingerprint density at radius 1 is 0.881 bits per heavy atom. The molecule has 42 heavy (non-hydrogen) atoms. The minimum Gasteiger partial charge on any atom is -0.507 e. The van der Waals surface area contributed by atoms with Gasteiger partial charge in [0.1, 0.15) is 18.1 Å². The van der Waals surface area contributed by atoms with E-state index in [-0.39, 0.29) is 17.2 Å². The fraction of sp³-hybridized carbons (Fsp3) is 0.143. The minimum atomic E-state index is -0.272. The molecule has 0 unspecified atom stereocenters. The smallest absolute Gasteiger partial charge is 0.255 e. The number of furan rings is 1. The highest BCUT2D eigenvalue weighted by Crippen LogP contribution is 2.37. The molecule has 6 rings (SSSR count). The van der Waals surface area contributed by atoms with Crippen molar-refractivity contribution >= 4 is 16.8 Å². The Morgan fingerprint density at radius 2 is 1.67 bits per heavy atom. The number of unbranched alkanes of at least 4 members (excludes halogenated alkanes) is 1. The number of nitrogens with one attached hydrogen (secondary N) is 2. The number of hydrogen-bond acceptors (Lipinski definition) is 5. The number of aromatic hydroxyl groups is 1. The van der Waals surface area contributed by atoms with Crippen LogP contribution in [0.3, 0.4) is 0 Å². The molecule has 210 valence electrons. The summed E-state index contributed by atoms with van der Waals surface area (Å²) in [7, 11) is 0. The summed E-state index contributed by atoms with van der Waals surface area (Å²) >= 11 is 0. The van der Waals surface area contributed by atoms with E-state index in [0.29, 0.717) is 13.2 Å². The van der Waals surface area contributed by atoms with Gasteiger partial charge in [0.05, 0.1) is 29.3 Å². The molecule has 0 aliphatic rings. The summed E-state index contributed by atoms with van der Waals surface area (Å²) in [6, 6.07) is 31.1. The maximum atomic E-state index is 12.3. The molecule has 0 fully saturated rings. The van der Waals surface area contributed by atoms with E-state index in [2.05, 4.69) is 51.9 Å². The van der Waals surface area contributed by atoms with Gasteiger partial charge in [0, 0.05) is 17.5 Å². The average molecular weight is 558 g/mol. The molecule has 6 aromatic rings. The van der Waals surface area contributed by atoms with Gasteiger partial charge in [-0.3, -0.25) is 9.89 Å². The Balaban J connectivity index is 1.15. The first kappa shape index (κ1) is 26.9. The topological polar surface area (TPSA) is 100 Å². The molecule has 7 nitrogen and oxygen atoms in total. The Labute approximate surface area is 243 Å². The van der Waals surface area contributed by atoms with E-state index in [1.54, 1.807) is 30.7 Å². The van der Waals surface area contributed by atoms with Gasteiger partial charge in [-0.05, 0) is 84.0 Å². The number of ether oxygens (including phenoxy) is 1. The van der Waals surface area contributed by atoms with Crippen molar-refractivity contribution in [1.82, 2.24) is 15.5 Å². The predicted octanol–water partition coefficient (Wildman–Crippen LogP) is 7.53. The number of carbonyl (C=O) groups is 1. The van der Waals surface area contributed by atoms with Crippen molar-refractivity contribution in [2.45, 2.75) is 25.9 Å². The number of aryl methyl sites for hydroxylation is 1. The number of aromatic amines is 1. The lowest BCUT2D eigenvalue weighted by Gasteiger charge is -2.11. The molecule has 0 spiro atoms. The van der Waals surface area contributed by atoms with E-state index >= 15 is 0 Å². The van der Waals surface area contributed by atoms with Crippen molar-refractivity contribution in [1.29, 1.82) is 0 Å². The lowest BCUT2D eigenvalue weighted by Crippen LogP contribution is -2.24. The summed E-state index contributed by atoms with van der Waals surface area (Å²) in [5, 5.41) is 21.7. The quantitative estimate of drug-likeness (QED) is 0.143. The number of carbonyl (C=O) groups excluding carboxylic acids is 1. The van der Waals surface area contributed by atoms with Crippen LogP contribution in [0.25, 0.3) is 33.2 Å². The number of rotatable bonds is 11. The Morgan fingerprint density at radius 3 is 2.45 bits per heavy atom. The first-order chi connectivity index (χ1) is 20.7. The zero-order valence-corrected chi connectivity index (χ0v) is 23.0. The van der Waals surface area contributed by atoms with Crippen molar-refractivity contribution in [2.24, 2.45) is 0 Å². The molecule has 2 heterocycles. The normalized spacial score (nSPS) is 11.0. The lowest BCUT2D eigenvalue weighted by molar-refractivity contribution is 0.0950. The molecule has 7 heteroatoms. The molecule has 0 atom stereocenters. The summed E-state index contributed by atoms with van der Waals surface area (Å²) < 4.78 is 11.4. The van der Waals surface area contributed by atoms with Crippen LogP contribution < -0.4 is 10.1 Å². The number of nitrogens with zero attached hydrogens (tertiary/aromatic N) is 1. The van der Waals surface area contributed by atoms with E-state index in [0.717, 1.165) is 69.4 Å². The molecule has 4 aromatic carbocycles. The summed E-state index contributed by atoms with van der Waals surface area (Å²) in [5.74, 6) is 0.527. The number of para-hydroxylation sites is 1. The van der Waals surface area contributed by atoms with E-state index in [4.69, 9.17) is 9.15 Å². The molecule has 0 radical (unpaired) electrons. The number of amides is 1. The largest absolute Gasteiger partial charge is 0.507 e. The average Bonchev–Trinajstić information content (AvgIpc) is 3.71. The van der Waals surface area contributed by atoms with Gasteiger partial charge in [0.2, 0.25) is 0 Å². The molecule has 0 bridgehead atoms. The maximum Gasteiger partial charge on any atom is 0.255 e. The number of phenolic OH excluding ortho intramolecular Hbond substituents is 1. The first-order valence-electron chi connectivity index (χ1n) is 14.0. The second-order valence-electron chi connectivity index (χ2n) is 10.2. The molecule has 0 aliphatic carbocycles. The third-order valence-corrected chi connectivity index (χ3v) is 7.30. The Bertz CT molecular complexity index is 1780. The highest BCUT2D eigenvalue weighted by atomic mass is 16.5. The number of fused-ring (bicyclic) bond motifs is 1. The summed E-state index contributed by atoms with van der Waals surface area (Å²) in [5.41, 5.74) is 7.55. The predicted molar refractivity (Wildman–Crippen MR) is 163 cm³/mol. The third kappa shape index (κ3) is 6.05. The van der Waals surface area contributed by atoms with Crippen LogP contribution in [0.15, 0.2) is 114 Å². The van der Waals surface area contributed by atoms with Gasteiger partial charge >= 0.3 is 0 Å². The van der Waals surface area contributed by atoms with E-state index < -0.39 is 0 Å². The lowest BCUT2D eigenvalue weighted by atomic mass is 9.93. The summed E-state index contributed by atoms with van der Waals surface area (Å²) in [6.45, 7) is 1.04. The van der Waals surface area contributed by atoms with Gasteiger partial charge in [-0.2, -0.15) is 5.10 Å². The summed E-state index contributed by atoms with van der Waals surface area (Å²) in [6.07, 6.45) is 5.86. The highest BCUT2D eigenvalue weighted by Gasteiger charge is 2.15. The molecule has 0 aliphatic heterocycles. The molecular formula is C35H31N3O4. The van der Waals surface area contributed by atoms with Crippen LogP contribution in [0.2, 0.25) is 0 Å². The van der Waals surface area contributed by atoms with Gasteiger partial charge in [-0.15, -0.1) is 0 Å². The molecule has 0 saturated carbocycles. The molecule has 3 N–H and O–H groups in total. The number of phenols is 1. The third-order valence-electron chi connectivity index (χ3n) is 7.30. The van der Waals surface area contributed by atoms with Crippen LogP contribution in [0.1, 0.15) is 34.5 Å². The Kier molecular flexibility index (Phi) is 7.99. The van der Waals surface area contributed by atoms with Crippen LogP contribution >= 0.6 is 0 Å². The van der Waals surface area contributed by atoms with Crippen LogP contribution in [-0.4, -0.2) is 27.8 Å². The molecule has 0 saturated heterocycles. The number of aromatic nitrogens is 2. The fourth-order valence-electron chi connectivity index (χ4n) is 5.06. The highest BCUT2D eigenvalue weighted by molar-refractivity contribution is 5.97. The minimum absolute atomic E-state index is 0.0156. The zero-order chi connectivity index (χ0) is 28.7. The summed E-state index contributed by atoms with van der Waals surface area (Å²) in [4.78, 5) is 12.3. The van der Waals surface area contributed by atoms with Crippen molar-refractivity contribution in [3.63, 3.8) is 0 Å². The van der Waals surface area contributed by atoms with Crippen LogP contribution in [-0.2, 0) is 13.0 Å². The maximum absolute atomic E-state index is 12.3. The van der Waals surface area contributed by atoms with Gasteiger partial charge in [-0.1, -0.05) is 54.6 Å². The van der Waals surface area contributed by atoms with Crippen molar-refractivity contribution in [3.05, 3.63) is 126 Å². The van der Waals surface area contributed by atoms with Gasteiger partial charge in [0.25, 0.3) is 5.91 Å². The molecular weight excluding hydrogens is 526 g/mol. The number of hydrogen-bond donors (Lipinski definition) is 3. The van der Waals surface area contributed by atoms with Crippen LogP contribution in [0, 0.1) is 0 Å². The van der Waals surface area contributed by atoms with Crippen molar-refractivity contribution < 1.29 is 19.1 Å². The van der Waals surface area contributed by atoms with E-state index in [9.17, 15) is 9.90 Å². The van der Waals surface area contributed by atoms with Gasteiger partial charge in [0.15, 0.2) is 0 Å². The van der Waals surface area contributed by atoms with E-state index in [1.807, 2.05) is 36.4 Å². The van der Waals surface area contributed by atoms with Crippen LogP contribution in [0.5, 0.6) is 11.5 Å². The van der Waals surface area contributed by atoms with Gasteiger partial charge in [-0.25, -0.2) is 0 Å². The second kappa shape index (κ2) is 12.5. The molecule has 2 aromatic heterocycles. The van der Waals surface area contributed by atoms with Crippen molar-refractivity contribution in [2.75, 3.05) is 6.54 Å². The number of benzene rings is 4. The standard InChI is InChI=1S/C35H31N3O4/c39-34-12-5-4-10-28(34)35(40)36-18-7-6-11-32-31-20-29(26-17-19-41-23-26)30(21-33(31)38-37-32)25-13-15-27(16-14-25)42-22-24-8-2-1-3-9-24/h1-5,8-10,12-17,19-21,23,39H,6-7,11,18,22H2,(H,36,40)(H,37,38).